The van der Waals surface area contributed by atoms with Gasteiger partial charge in [-0.1, -0.05) is 30.3 Å². The number of rotatable bonds is 8. The van der Waals surface area contributed by atoms with Crippen LogP contribution in [0.15, 0.2) is 30.3 Å². The molecular weight excluding hydrogens is 256 g/mol. The molecule has 4 heteroatoms. The van der Waals surface area contributed by atoms with Gasteiger partial charge in [0.1, 0.15) is 6.61 Å². The average molecular weight is 278 g/mol. The quantitative estimate of drug-likeness (QED) is 0.541. The van der Waals surface area contributed by atoms with Crippen LogP contribution in [0.4, 0.5) is 0 Å². The van der Waals surface area contributed by atoms with Crippen LogP contribution < -0.4 is 0 Å². The van der Waals surface area contributed by atoms with Gasteiger partial charge >= 0.3 is 11.9 Å². The molecule has 0 N–H and O–H groups in total. The lowest BCUT2D eigenvalue weighted by Gasteiger charge is -2.07. The molecule has 4 nitrogen and oxygen atoms in total. The summed E-state index contributed by atoms with van der Waals surface area (Å²) >= 11 is 0. The number of carbonyl (C=O) groups excluding carboxylic acids is 2. The predicted molar refractivity (Wildman–Crippen MR) is 75.9 cm³/mol. The van der Waals surface area contributed by atoms with Gasteiger partial charge in [-0.25, -0.2) is 0 Å². The molecule has 0 aliphatic rings. The summed E-state index contributed by atoms with van der Waals surface area (Å²) in [6, 6.07) is 9.55. The second-order valence-corrected chi connectivity index (χ2v) is 4.89. The fourth-order valence-corrected chi connectivity index (χ4v) is 1.67. The maximum Gasteiger partial charge on any atom is 0.306 e. The normalized spacial score (nSPS) is 10.3. The van der Waals surface area contributed by atoms with Crippen LogP contribution in [-0.2, 0) is 25.7 Å². The Bertz CT molecular complexity index is 412. The minimum atomic E-state index is -0.230. The van der Waals surface area contributed by atoms with E-state index in [9.17, 15) is 9.59 Å². The lowest BCUT2D eigenvalue weighted by molar-refractivity contribution is -0.148. The Balaban J connectivity index is 2.07. The number of unbranched alkanes of at least 4 members (excludes halogenated alkanes) is 1. The molecule has 0 atom stereocenters. The molecule has 0 amide bonds. The second kappa shape index (κ2) is 9.13. The van der Waals surface area contributed by atoms with Crippen LogP contribution in [0.2, 0.25) is 0 Å². The van der Waals surface area contributed by atoms with Crippen molar-refractivity contribution in [3.8, 4) is 0 Å². The molecule has 0 aliphatic carbocycles. The van der Waals surface area contributed by atoms with E-state index in [0.29, 0.717) is 32.3 Å². The summed E-state index contributed by atoms with van der Waals surface area (Å²) in [4.78, 5) is 22.8. The van der Waals surface area contributed by atoms with Crippen LogP contribution in [0, 0.1) is 0 Å². The Morgan fingerprint density at radius 2 is 1.60 bits per heavy atom. The van der Waals surface area contributed by atoms with E-state index in [1.54, 1.807) is 0 Å². The number of hydrogen-bond acceptors (Lipinski definition) is 4. The summed E-state index contributed by atoms with van der Waals surface area (Å²) in [5.41, 5.74) is 0.973. The standard InChI is InChI=1S/C16H22O4/c1-13(2)20-16(18)11-7-6-10-15(17)19-12-14-8-4-3-5-9-14/h3-5,8-9,13H,6-7,10-12H2,1-2H3. The van der Waals surface area contributed by atoms with Gasteiger partial charge in [0.15, 0.2) is 0 Å². The van der Waals surface area contributed by atoms with Crippen molar-refractivity contribution >= 4 is 11.9 Å². The number of esters is 2. The zero-order valence-corrected chi connectivity index (χ0v) is 12.1. The maximum absolute atomic E-state index is 11.5. The lowest BCUT2D eigenvalue weighted by atomic mass is 10.2. The van der Waals surface area contributed by atoms with Gasteiger partial charge in [-0.3, -0.25) is 9.59 Å². The van der Waals surface area contributed by atoms with E-state index in [-0.39, 0.29) is 18.0 Å². The first kappa shape index (κ1) is 16.2. The SMILES string of the molecule is CC(C)OC(=O)CCCCC(=O)OCc1ccccc1. The van der Waals surface area contributed by atoms with E-state index in [2.05, 4.69) is 0 Å². The van der Waals surface area contributed by atoms with E-state index in [1.165, 1.54) is 0 Å². The van der Waals surface area contributed by atoms with Crippen LogP contribution in [-0.4, -0.2) is 18.0 Å². The molecule has 0 fully saturated rings. The topological polar surface area (TPSA) is 52.6 Å². The van der Waals surface area contributed by atoms with Gasteiger partial charge in [0.05, 0.1) is 6.10 Å². The first-order valence-electron chi connectivity index (χ1n) is 6.97. The Labute approximate surface area is 120 Å². The van der Waals surface area contributed by atoms with Crippen molar-refractivity contribution in [1.29, 1.82) is 0 Å². The van der Waals surface area contributed by atoms with E-state index in [4.69, 9.17) is 9.47 Å². The molecule has 110 valence electrons. The summed E-state index contributed by atoms with van der Waals surface area (Å²) < 4.78 is 10.2. The summed E-state index contributed by atoms with van der Waals surface area (Å²) in [5.74, 6) is -0.441. The lowest BCUT2D eigenvalue weighted by Crippen LogP contribution is -2.11. The summed E-state index contributed by atoms with van der Waals surface area (Å²) in [5, 5.41) is 0. The third-order valence-electron chi connectivity index (χ3n) is 2.62. The molecule has 0 saturated carbocycles. The highest BCUT2D eigenvalue weighted by molar-refractivity contribution is 5.70. The largest absolute Gasteiger partial charge is 0.463 e. The predicted octanol–water partition coefficient (Wildman–Crippen LogP) is 3.24. The van der Waals surface area contributed by atoms with Crippen molar-refractivity contribution in [3.05, 3.63) is 35.9 Å². The van der Waals surface area contributed by atoms with Crippen LogP contribution in [0.5, 0.6) is 0 Å². The Kier molecular flexibility index (Phi) is 7.40. The number of ether oxygens (including phenoxy) is 2. The minimum Gasteiger partial charge on any atom is -0.463 e. The molecule has 1 aromatic rings. The molecule has 0 unspecified atom stereocenters. The molecule has 0 spiro atoms. The number of benzene rings is 1. The number of hydrogen-bond donors (Lipinski definition) is 0. The van der Waals surface area contributed by atoms with E-state index < -0.39 is 0 Å². The van der Waals surface area contributed by atoms with Crippen LogP contribution in [0.3, 0.4) is 0 Å². The van der Waals surface area contributed by atoms with Crippen molar-refractivity contribution in [2.24, 2.45) is 0 Å². The molecule has 1 aromatic carbocycles. The van der Waals surface area contributed by atoms with Crippen LogP contribution >= 0.6 is 0 Å². The zero-order chi connectivity index (χ0) is 14.8. The van der Waals surface area contributed by atoms with Gasteiger partial charge in [-0.2, -0.15) is 0 Å². The fourth-order valence-electron chi connectivity index (χ4n) is 1.67. The van der Waals surface area contributed by atoms with Gasteiger partial charge < -0.3 is 9.47 Å². The highest BCUT2D eigenvalue weighted by Gasteiger charge is 2.07. The van der Waals surface area contributed by atoms with Gasteiger partial charge in [-0.15, -0.1) is 0 Å². The Morgan fingerprint density at radius 3 is 2.20 bits per heavy atom. The average Bonchev–Trinajstić information content (AvgIpc) is 2.42. The first-order valence-corrected chi connectivity index (χ1v) is 6.97. The molecular formula is C16H22O4. The number of carbonyl (C=O) groups is 2. The van der Waals surface area contributed by atoms with E-state index in [1.807, 2.05) is 44.2 Å². The van der Waals surface area contributed by atoms with Gasteiger partial charge in [0.2, 0.25) is 0 Å². The highest BCUT2D eigenvalue weighted by atomic mass is 16.5. The van der Waals surface area contributed by atoms with Crippen LogP contribution in [0.25, 0.3) is 0 Å². The Hall–Kier alpha value is -1.84. The van der Waals surface area contributed by atoms with E-state index >= 15 is 0 Å². The zero-order valence-electron chi connectivity index (χ0n) is 12.1. The van der Waals surface area contributed by atoms with Gasteiger partial charge in [0, 0.05) is 12.8 Å². The fraction of sp³-hybridized carbons (Fsp3) is 0.500. The Morgan fingerprint density at radius 1 is 1.00 bits per heavy atom. The maximum atomic E-state index is 11.5. The molecule has 0 heterocycles. The van der Waals surface area contributed by atoms with Crippen LogP contribution in [0.1, 0.15) is 45.1 Å². The van der Waals surface area contributed by atoms with E-state index in [0.717, 1.165) is 5.56 Å². The molecule has 20 heavy (non-hydrogen) atoms. The monoisotopic (exact) mass is 278 g/mol. The van der Waals surface area contributed by atoms with Crippen molar-refractivity contribution in [2.45, 2.75) is 52.2 Å². The molecule has 1 rings (SSSR count). The third kappa shape index (κ3) is 7.56. The van der Waals surface area contributed by atoms with Crippen molar-refractivity contribution in [3.63, 3.8) is 0 Å². The first-order chi connectivity index (χ1) is 9.58. The summed E-state index contributed by atoms with van der Waals surface area (Å²) in [7, 11) is 0. The molecule has 0 saturated heterocycles. The van der Waals surface area contributed by atoms with Crippen molar-refractivity contribution in [2.75, 3.05) is 0 Å². The molecule has 0 aromatic heterocycles. The van der Waals surface area contributed by atoms with Gasteiger partial charge in [-0.05, 0) is 32.3 Å². The van der Waals surface area contributed by atoms with Crippen molar-refractivity contribution < 1.29 is 19.1 Å². The summed E-state index contributed by atoms with van der Waals surface area (Å²) in [6.45, 7) is 3.94. The summed E-state index contributed by atoms with van der Waals surface area (Å²) in [6.07, 6.45) is 1.89. The molecule has 0 aliphatic heterocycles. The highest BCUT2D eigenvalue weighted by Crippen LogP contribution is 2.06. The second-order valence-electron chi connectivity index (χ2n) is 4.89. The third-order valence-corrected chi connectivity index (χ3v) is 2.62. The molecule has 0 bridgehead atoms. The van der Waals surface area contributed by atoms with Crippen molar-refractivity contribution in [1.82, 2.24) is 0 Å². The van der Waals surface area contributed by atoms with Gasteiger partial charge in [0.25, 0.3) is 0 Å². The minimum absolute atomic E-state index is 0.0849. The smallest absolute Gasteiger partial charge is 0.306 e. The molecule has 0 radical (unpaired) electrons.